The average molecular weight is 528 g/mol. The zero-order chi connectivity index (χ0) is 27.6. The molecule has 2 N–H and O–H groups in total. The molecule has 0 radical (unpaired) electrons. The summed E-state index contributed by atoms with van der Waals surface area (Å²) in [5, 5.41) is 0. The van der Waals surface area contributed by atoms with Gasteiger partial charge in [0.25, 0.3) is 0 Å². The number of hydrogen-bond acceptors (Lipinski definition) is 4. The molecule has 2 amide bonds. The Hall–Kier alpha value is -3.66. The van der Waals surface area contributed by atoms with Crippen molar-refractivity contribution < 1.29 is 22.8 Å². The Morgan fingerprint density at radius 3 is 2.58 bits per heavy atom. The highest BCUT2D eigenvalue weighted by molar-refractivity contribution is 6.01. The Kier molecular flexibility index (Phi) is 7.91. The topological polar surface area (TPSA) is 84.5 Å². The summed E-state index contributed by atoms with van der Waals surface area (Å²) in [6, 6.07) is 8.47. The van der Waals surface area contributed by atoms with Crippen molar-refractivity contribution in [3.05, 3.63) is 65.2 Å². The number of amides is 2. The smallest absolute Gasteiger partial charge is 0.366 e. The number of likely N-dealkylation sites (N-methyl/N-ethyl adjacent to an activating group) is 1. The fourth-order valence-electron chi connectivity index (χ4n) is 5.09. The minimum absolute atomic E-state index is 0.0264. The van der Waals surface area contributed by atoms with E-state index < -0.39 is 17.6 Å². The molecule has 38 heavy (non-hydrogen) atoms. The van der Waals surface area contributed by atoms with Crippen LogP contribution in [0.2, 0.25) is 0 Å². The first kappa shape index (κ1) is 27.4. The molecule has 2 aromatic carbocycles. The summed E-state index contributed by atoms with van der Waals surface area (Å²) in [6.45, 7) is 3.34. The van der Waals surface area contributed by atoms with Crippen LogP contribution in [0, 0.1) is 6.92 Å². The first-order valence-electron chi connectivity index (χ1n) is 12.6. The number of rotatable bonds is 6. The molecule has 4 rings (SSSR count). The quantitative estimate of drug-likeness (QED) is 0.467. The lowest BCUT2D eigenvalue weighted by atomic mass is 9.98. The van der Waals surface area contributed by atoms with Crippen molar-refractivity contribution >= 4 is 22.8 Å². The third kappa shape index (κ3) is 5.60. The van der Waals surface area contributed by atoms with Gasteiger partial charge in [-0.05, 0) is 64.0 Å². The molecule has 7 nitrogen and oxygen atoms in total. The highest BCUT2D eigenvalue weighted by atomic mass is 19.4. The van der Waals surface area contributed by atoms with Crippen LogP contribution in [-0.2, 0) is 11.0 Å². The number of primary amides is 1. The van der Waals surface area contributed by atoms with Gasteiger partial charge in [-0.3, -0.25) is 9.59 Å². The molecular formula is C28H32F3N5O2. The van der Waals surface area contributed by atoms with Gasteiger partial charge in [-0.2, -0.15) is 13.2 Å². The lowest BCUT2D eigenvalue weighted by Gasteiger charge is -2.27. The van der Waals surface area contributed by atoms with Crippen molar-refractivity contribution in [3.8, 4) is 11.4 Å². The standard InChI is InChI=1S/C28H32F3N5O2/c1-18-9-6-13-22-25(18)36(19-10-4-5-16-35(17-19)23(37)14-8-15-34(2)3)27(33-22)24-20(26(32)38)11-7-12-21(24)28(29,30)31/h6-9,11-14,19H,4-5,10,15-17H2,1-3H3,(H2,32,38)/b14-8+. The van der Waals surface area contributed by atoms with Gasteiger partial charge >= 0.3 is 6.18 Å². The molecule has 1 atom stereocenters. The molecule has 0 aliphatic carbocycles. The summed E-state index contributed by atoms with van der Waals surface area (Å²) in [5.74, 6) is -1.08. The van der Waals surface area contributed by atoms with Crippen molar-refractivity contribution in [1.82, 2.24) is 19.4 Å². The maximum atomic E-state index is 14.2. The fraction of sp³-hybridized carbons (Fsp3) is 0.393. The van der Waals surface area contributed by atoms with Crippen molar-refractivity contribution in [2.24, 2.45) is 5.73 Å². The molecule has 0 saturated carbocycles. The maximum Gasteiger partial charge on any atom is 0.417 e. The second kappa shape index (κ2) is 11.0. The molecule has 0 spiro atoms. The highest BCUT2D eigenvalue weighted by Crippen LogP contribution is 2.42. The molecule has 1 aromatic heterocycles. The first-order chi connectivity index (χ1) is 18.0. The Labute approximate surface area is 219 Å². The van der Waals surface area contributed by atoms with Gasteiger partial charge in [0, 0.05) is 31.3 Å². The SMILES string of the molecule is Cc1cccc2nc(-c3c(C(N)=O)cccc3C(F)(F)F)n(C3CCCCN(C(=O)/C=C/CN(C)C)C3)c12. The number of aryl methyl sites for hydroxylation is 1. The minimum atomic E-state index is -4.73. The van der Waals surface area contributed by atoms with E-state index in [0.717, 1.165) is 24.5 Å². The summed E-state index contributed by atoms with van der Waals surface area (Å²) in [7, 11) is 3.81. The highest BCUT2D eigenvalue weighted by Gasteiger charge is 2.38. The van der Waals surface area contributed by atoms with E-state index in [1.807, 2.05) is 32.0 Å². The number of halogens is 3. The lowest BCUT2D eigenvalue weighted by Crippen LogP contribution is -2.34. The molecule has 3 aromatic rings. The number of fused-ring (bicyclic) bond motifs is 1. The number of carbonyl (C=O) groups excluding carboxylic acids is 2. The molecule has 1 saturated heterocycles. The minimum Gasteiger partial charge on any atom is -0.366 e. The summed E-state index contributed by atoms with van der Waals surface area (Å²) in [6.07, 6.45) is 0.800. The fourth-order valence-corrected chi connectivity index (χ4v) is 5.09. The number of alkyl halides is 3. The molecule has 2 heterocycles. The van der Waals surface area contributed by atoms with Crippen LogP contribution in [0.1, 0.15) is 46.8 Å². The van der Waals surface area contributed by atoms with Gasteiger partial charge in [-0.25, -0.2) is 4.98 Å². The number of imidazole rings is 1. The monoisotopic (exact) mass is 527 g/mol. The van der Waals surface area contributed by atoms with E-state index in [1.165, 1.54) is 12.1 Å². The van der Waals surface area contributed by atoms with E-state index in [0.29, 0.717) is 37.1 Å². The van der Waals surface area contributed by atoms with Crippen LogP contribution < -0.4 is 5.73 Å². The number of hydrogen-bond donors (Lipinski definition) is 1. The molecule has 10 heteroatoms. The van der Waals surface area contributed by atoms with Crippen LogP contribution in [-0.4, -0.2) is 64.9 Å². The summed E-state index contributed by atoms with van der Waals surface area (Å²) in [4.78, 5) is 33.7. The van der Waals surface area contributed by atoms with Crippen LogP contribution in [0.15, 0.2) is 48.6 Å². The number of nitrogens with two attached hydrogens (primary N) is 1. The average Bonchev–Trinajstić information content (AvgIpc) is 3.06. The Bertz CT molecular complexity index is 1380. The number of likely N-dealkylation sites (tertiary alicyclic amines) is 1. The van der Waals surface area contributed by atoms with Crippen LogP contribution in [0.25, 0.3) is 22.4 Å². The van der Waals surface area contributed by atoms with Gasteiger partial charge < -0.3 is 20.1 Å². The first-order valence-corrected chi connectivity index (χ1v) is 12.6. The van der Waals surface area contributed by atoms with E-state index >= 15 is 0 Å². The number of carbonyl (C=O) groups is 2. The van der Waals surface area contributed by atoms with Gasteiger partial charge in [0.15, 0.2) is 0 Å². The van der Waals surface area contributed by atoms with E-state index in [4.69, 9.17) is 5.73 Å². The molecule has 1 unspecified atom stereocenters. The van der Waals surface area contributed by atoms with Crippen molar-refractivity contribution in [2.75, 3.05) is 33.7 Å². The third-order valence-corrected chi connectivity index (χ3v) is 6.83. The number of benzene rings is 2. The Morgan fingerprint density at radius 2 is 1.89 bits per heavy atom. The molecule has 1 aliphatic rings. The second-order valence-electron chi connectivity index (χ2n) is 9.94. The third-order valence-electron chi connectivity index (χ3n) is 6.83. The van der Waals surface area contributed by atoms with Crippen LogP contribution >= 0.6 is 0 Å². The summed E-state index contributed by atoms with van der Waals surface area (Å²) in [5.41, 5.74) is 6.03. The molecular weight excluding hydrogens is 495 g/mol. The zero-order valence-electron chi connectivity index (χ0n) is 21.8. The van der Waals surface area contributed by atoms with Crippen LogP contribution in [0.5, 0.6) is 0 Å². The Balaban J connectivity index is 1.91. The summed E-state index contributed by atoms with van der Waals surface area (Å²) < 4.78 is 44.5. The number of aromatic nitrogens is 2. The predicted octanol–water partition coefficient (Wildman–Crippen LogP) is 4.80. The normalized spacial score (nSPS) is 16.9. The number of nitrogens with zero attached hydrogens (tertiary/aromatic N) is 4. The Morgan fingerprint density at radius 1 is 1.16 bits per heavy atom. The van der Waals surface area contributed by atoms with Gasteiger partial charge in [0.2, 0.25) is 11.8 Å². The van der Waals surface area contributed by atoms with Crippen LogP contribution in [0.3, 0.4) is 0 Å². The number of para-hydroxylation sites is 1. The van der Waals surface area contributed by atoms with Gasteiger partial charge in [0.1, 0.15) is 5.82 Å². The van der Waals surface area contributed by atoms with Crippen molar-refractivity contribution in [3.63, 3.8) is 0 Å². The second-order valence-corrected chi connectivity index (χ2v) is 9.94. The molecule has 1 fully saturated rings. The van der Waals surface area contributed by atoms with Gasteiger partial charge in [-0.1, -0.05) is 24.3 Å². The largest absolute Gasteiger partial charge is 0.417 e. The molecule has 0 bridgehead atoms. The van der Waals surface area contributed by atoms with Gasteiger partial charge in [0.05, 0.1) is 28.2 Å². The van der Waals surface area contributed by atoms with Crippen LogP contribution in [0.4, 0.5) is 13.2 Å². The predicted molar refractivity (Wildman–Crippen MR) is 141 cm³/mol. The maximum absolute atomic E-state index is 14.2. The molecule has 202 valence electrons. The van der Waals surface area contributed by atoms with E-state index in [-0.39, 0.29) is 28.9 Å². The molecule has 1 aliphatic heterocycles. The van der Waals surface area contributed by atoms with Crippen molar-refractivity contribution in [2.45, 2.75) is 38.4 Å². The van der Waals surface area contributed by atoms with Gasteiger partial charge in [-0.15, -0.1) is 0 Å². The van der Waals surface area contributed by atoms with E-state index in [9.17, 15) is 22.8 Å². The van der Waals surface area contributed by atoms with E-state index in [1.54, 1.807) is 33.8 Å². The zero-order valence-corrected chi connectivity index (χ0v) is 21.8. The van der Waals surface area contributed by atoms with Crippen molar-refractivity contribution in [1.29, 1.82) is 0 Å². The lowest BCUT2D eigenvalue weighted by molar-refractivity contribution is -0.137. The van der Waals surface area contributed by atoms with E-state index in [2.05, 4.69) is 4.98 Å². The summed E-state index contributed by atoms with van der Waals surface area (Å²) >= 11 is 0.